The van der Waals surface area contributed by atoms with Crippen molar-refractivity contribution in [1.82, 2.24) is 0 Å². The second-order valence-corrected chi connectivity index (χ2v) is 5.68. The summed E-state index contributed by atoms with van der Waals surface area (Å²) in [5.74, 6) is 0. The molecule has 0 aliphatic heterocycles. The van der Waals surface area contributed by atoms with E-state index < -0.39 is 0 Å². The van der Waals surface area contributed by atoms with E-state index in [0.29, 0.717) is 0 Å². The molecule has 4 aromatic carbocycles. The van der Waals surface area contributed by atoms with Gasteiger partial charge in [-0.25, -0.2) is 0 Å². The first-order chi connectivity index (χ1) is 10.4. The van der Waals surface area contributed by atoms with E-state index in [1.807, 2.05) is 0 Å². The highest BCUT2D eigenvalue weighted by atomic mass is 14.2. The Labute approximate surface area is 123 Å². The van der Waals surface area contributed by atoms with E-state index in [0.717, 1.165) is 0 Å². The lowest BCUT2D eigenvalue weighted by molar-refractivity contribution is 1.57. The summed E-state index contributed by atoms with van der Waals surface area (Å²) in [5.41, 5.74) is 5.41. The monoisotopic (exact) mass is 265 g/mol. The first kappa shape index (κ1) is 11.1. The largest absolute Gasteiger partial charge is 0.0616 e. The van der Waals surface area contributed by atoms with Crippen molar-refractivity contribution in [2.24, 2.45) is 0 Å². The van der Waals surface area contributed by atoms with Crippen molar-refractivity contribution >= 4 is 21.5 Å². The van der Waals surface area contributed by atoms with Crippen molar-refractivity contribution in [3.05, 3.63) is 90.3 Å². The normalized spacial score (nSPS) is 12.6. The Kier molecular flexibility index (Phi) is 2.09. The molecule has 0 heterocycles. The molecule has 0 atom stereocenters. The van der Waals surface area contributed by atoms with Gasteiger partial charge >= 0.3 is 0 Å². The van der Waals surface area contributed by atoms with Crippen molar-refractivity contribution in [2.45, 2.75) is 0 Å². The third-order valence-corrected chi connectivity index (χ3v) is 4.46. The average molecular weight is 265 g/mol. The quantitative estimate of drug-likeness (QED) is 0.343. The summed E-state index contributed by atoms with van der Waals surface area (Å²) in [6, 6.07) is 26.3. The molecule has 0 fully saturated rings. The second kappa shape index (κ2) is 3.95. The van der Waals surface area contributed by atoms with Crippen molar-refractivity contribution in [3.63, 3.8) is 0 Å². The van der Waals surface area contributed by atoms with Gasteiger partial charge in [0.05, 0.1) is 0 Å². The molecular formula is C21H13. The maximum atomic E-state index is 2.33. The van der Waals surface area contributed by atoms with Gasteiger partial charge in [0, 0.05) is 6.42 Å². The molecule has 0 bridgehead atoms. The fraction of sp³-hybridized carbons (Fsp3) is 0. The first-order valence-electron chi connectivity index (χ1n) is 7.30. The van der Waals surface area contributed by atoms with Gasteiger partial charge in [0.2, 0.25) is 0 Å². The van der Waals surface area contributed by atoms with Gasteiger partial charge in [-0.2, -0.15) is 0 Å². The second-order valence-electron chi connectivity index (χ2n) is 5.68. The molecule has 0 nitrogen and oxygen atoms in total. The Morgan fingerprint density at radius 3 is 2.10 bits per heavy atom. The molecule has 0 aromatic heterocycles. The van der Waals surface area contributed by atoms with Crippen LogP contribution in [0, 0.1) is 6.42 Å². The molecule has 0 spiro atoms. The highest BCUT2D eigenvalue weighted by Crippen LogP contribution is 2.43. The summed E-state index contributed by atoms with van der Waals surface area (Å²) in [5, 5.41) is 5.28. The third kappa shape index (κ3) is 1.50. The van der Waals surface area contributed by atoms with Gasteiger partial charge in [-0.1, -0.05) is 60.7 Å². The third-order valence-electron chi connectivity index (χ3n) is 4.46. The number of rotatable bonds is 0. The molecule has 97 valence electrons. The van der Waals surface area contributed by atoms with Crippen LogP contribution in [-0.2, 0) is 0 Å². The van der Waals surface area contributed by atoms with Crippen LogP contribution in [0.25, 0.3) is 32.7 Å². The van der Waals surface area contributed by atoms with Crippen LogP contribution in [0.5, 0.6) is 0 Å². The van der Waals surface area contributed by atoms with Crippen LogP contribution in [0.1, 0.15) is 11.1 Å². The summed E-state index contributed by atoms with van der Waals surface area (Å²) in [7, 11) is 0. The molecule has 0 saturated heterocycles. The van der Waals surface area contributed by atoms with Crippen LogP contribution in [0.2, 0.25) is 0 Å². The highest BCUT2D eigenvalue weighted by Gasteiger charge is 2.21. The van der Waals surface area contributed by atoms with Gasteiger partial charge in [-0.05, 0) is 55.9 Å². The van der Waals surface area contributed by atoms with Crippen molar-refractivity contribution in [3.8, 4) is 11.1 Å². The minimum atomic E-state index is 1.31. The van der Waals surface area contributed by atoms with Crippen LogP contribution in [0.4, 0.5) is 0 Å². The van der Waals surface area contributed by atoms with E-state index in [9.17, 15) is 0 Å². The first-order valence-corrected chi connectivity index (χ1v) is 7.30. The van der Waals surface area contributed by atoms with E-state index in [1.165, 1.54) is 43.8 Å². The SMILES string of the molecule is [CH]1c2cc3ccccc3cc2-c2c1ccc1ccccc21. The molecule has 0 heteroatoms. The topological polar surface area (TPSA) is 0 Å². The Balaban J connectivity index is 1.92. The molecule has 4 aromatic rings. The van der Waals surface area contributed by atoms with E-state index in [4.69, 9.17) is 0 Å². The zero-order valence-electron chi connectivity index (χ0n) is 11.5. The van der Waals surface area contributed by atoms with Crippen molar-refractivity contribution in [1.29, 1.82) is 0 Å². The Bertz CT molecular complexity index is 1010. The van der Waals surface area contributed by atoms with Crippen LogP contribution in [0.15, 0.2) is 72.8 Å². The van der Waals surface area contributed by atoms with Gasteiger partial charge in [-0.15, -0.1) is 0 Å². The number of hydrogen-bond acceptors (Lipinski definition) is 0. The fourth-order valence-corrected chi connectivity index (χ4v) is 3.47. The van der Waals surface area contributed by atoms with Crippen molar-refractivity contribution in [2.75, 3.05) is 0 Å². The average Bonchev–Trinajstić information content (AvgIpc) is 2.90. The van der Waals surface area contributed by atoms with E-state index in [1.54, 1.807) is 0 Å². The van der Waals surface area contributed by atoms with E-state index >= 15 is 0 Å². The smallest absolute Gasteiger partial charge is 0.0212 e. The van der Waals surface area contributed by atoms with Gasteiger partial charge in [0.25, 0.3) is 0 Å². The molecule has 5 rings (SSSR count). The molecular weight excluding hydrogens is 252 g/mol. The minimum Gasteiger partial charge on any atom is -0.0616 e. The Morgan fingerprint density at radius 2 is 1.24 bits per heavy atom. The zero-order chi connectivity index (χ0) is 13.8. The molecule has 0 unspecified atom stereocenters. The van der Waals surface area contributed by atoms with Crippen LogP contribution in [0.3, 0.4) is 0 Å². The predicted molar refractivity (Wildman–Crippen MR) is 89.4 cm³/mol. The van der Waals surface area contributed by atoms with Gasteiger partial charge < -0.3 is 0 Å². The summed E-state index contributed by atoms with van der Waals surface area (Å²) < 4.78 is 0. The highest BCUT2D eigenvalue weighted by molar-refractivity contribution is 6.05. The maximum Gasteiger partial charge on any atom is 0.0212 e. The van der Waals surface area contributed by atoms with Crippen LogP contribution >= 0.6 is 0 Å². The minimum absolute atomic E-state index is 1.31. The number of hydrogen-bond donors (Lipinski definition) is 0. The van der Waals surface area contributed by atoms with Gasteiger partial charge in [-0.3, -0.25) is 0 Å². The van der Waals surface area contributed by atoms with Gasteiger partial charge in [0.15, 0.2) is 0 Å². The standard InChI is InChI=1S/C21H13/c1-2-7-16-13-20-18(11-15(16)6-1)12-17-10-9-14-5-3-4-8-19(14)21(17)20/h1-13H. The summed E-state index contributed by atoms with van der Waals surface area (Å²) in [6.45, 7) is 0. The molecule has 1 aliphatic rings. The zero-order valence-corrected chi connectivity index (χ0v) is 11.5. The Hall–Kier alpha value is -2.60. The van der Waals surface area contributed by atoms with Crippen LogP contribution < -0.4 is 0 Å². The summed E-state index contributed by atoms with van der Waals surface area (Å²) >= 11 is 0. The summed E-state index contributed by atoms with van der Waals surface area (Å²) in [4.78, 5) is 0. The number of benzene rings is 4. The predicted octanol–water partition coefficient (Wildman–Crippen LogP) is 5.57. The molecule has 0 saturated carbocycles. The molecule has 0 amide bonds. The van der Waals surface area contributed by atoms with Gasteiger partial charge in [0.1, 0.15) is 0 Å². The Morgan fingerprint density at radius 1 is 0.524 bits per heavy atom. The molecule has 1 radical (unpaired) electrons. The molecule has 1 aliphatic carbocycles. The van der Waals surface area contributed by atoms with Crippen LogP contribution in [-0.4, -0.2) is 0 Å². The lowest BCUT2D eigenvalue weighted by atomic mass is 9.96. The maximum absolute atomic E-state index is 2.33. The summed E-state index contributed by atoms with van der Waals surface area (Å²) in [6.07, 6.45) is 2.31. The molecule has 21 heavy (non-hydrogen) atoms. The lowest BCUT2D eigenvalue weighted by Gasteiger charge is -2.07. The number of fused-ring (bicyclic) bond motifs is 6. The van der Waals surface area contributed by atoms with E-state index in [-0.39, 0.29) is 0 Å². The fourth-order valence-electron chi connectivity index (χ4n) is 3.47. The van der Waals surface area contributed by atoms with E-state index in [2.05, 4.69) is 79.2 Å². The lowest BCUT2D eigenvalue weighted by Crippen LogP contribution is -1.82. The molecule has 0 N–H and O–H groups in total. The van der Waals surface area contributed by atoms with Crippen molar-refractivity contribution < 1.29 is 0 Å².